The minimum Gasteiger partial charge on any atom is -0.373 e. The highest BCUT2D eigenvalue weighted by Crippen LogP contribution is 2.28. The fraction of sp³-hybridized carbons (Fsp3) is 0.500. The average molecular weight is 292 g/mol. The molecule has 0 aliphatic rings. The summed E-state index contributed by atoms with van der Waals surface area (Å²) in [5, 5.41) is 0. The van der Waals surface area contributed by atoms with Crippen molar-refractivity contribution in [2.75, 3.05) is 25.0 Å². The number of alkyl halides is 2. The van der Waals surface area contributed by atoms with Gasteiger partial charge in [-0.05, 0) is 24.6 Å². The molecule has 19 heavy (non-hydrogen) atoms. The molecule has 0 spiro atoms. The van der Waals surface area contributed by atoms with Crippen molar-refractivity contribution in [3.05, 3.63) is 24.3 Å². The lowest BCUT2D eigenvalue weighted by Crippen LogP contribution is -2.29. The number of halogens is 2. The molecule has 1 unspecified atom stereocenters. The SMILES string of the molecule is CC(CN)CN(C)c1ccccc1S(=O)(=O)C(F)F. The van der Waals surface area contributed by atoms with Crippen LogP contribution in [-0.4, -0.2) is 34.3 Å². The topological polar surface area (TPSA) is 63.4 Å². The van der Waals surface area contributed by atoms with E-state index in [1.165, 1.54) is 18.2 Å². The molecule has 0 aliphatic heterocycles. The molecule has 0 heterocycles. The first-order valence-electron chi connectivity index (χ1n) is 5.83. The normalized spacial score (nSPS) is 13.6. The number of nitrogens with two attached hydrogens (primary N) is 1. The van der Waals surface area contributed by atoms with Gasteiger partial charge in [0.1, 0.15) is 0 Å². The van der Waals surface area contributed by atoms with E-state index in [-0.39, 0.29) is 16.5 Å². The molecule has 0 aliphatic carbocycles. The molecule has 1 aromatic rings. The standard InChI is InChI=1S/C12H18F2N2O2S/c1-9(7-15)8-16(2)10-5-3-4-6-11(10)19(17,18)12(13)14/h3-6,9,12H,7-8,15H2,1-2H3. The Balaban J connectivity index is 3.16. The highest BCUT2D eigenvalue weighted by molar-refractivity contribution is 7.91. The first kappa shape index (κ1) is 15.8. The third-order valence-electron chi connectivity index (χ3n) is 2.81. The maximum absolute atomic E-state index is 12.6. The number of hydrogen-bond acceptors (Lipinski definition) is 4. The molecule has 0 fully saturated rings. The maximum Gasteiger partial charge on any atom is 0.341 e. The van der Waals surface area contributed by atoms with Crippen molar-refractivity contribution >= 4 is 15.5 Å². The van der Waals surface area contributed by atoms with Gasteiger partial charge in [0.15, 0.2) is 0 Å². The van der Waals surface area contributed by atoms with Gasteiger partial charge in [0.2, 0.25) is 9.84 Å². The van der Waals surface area contributed by atoms with Gasteiger partial charge in [-0.15, -0.1) is 0 Å². The van der Waals surface area contributed by atoms with Crippen LogP contribution in [-0.2, 0) is 9.84 Å². The van der Waals surface area contributed by atoms with Gasteiger partial charge in [-0.1, -0.05) is 19.1 Å². The summed E-state index contributed by atoms with van der Waals surface area (Å²) in [6, 6.07) is 5.75. The molecule has 1 atom stereocenters. The van der Waals surface area contributed by atoms with Crippen molar-refractivity contribution < 1.29 is 17.2 Å². The van der Waals surface area contributed by atoms with Crippen molar-refractivity contribution in [3.8, 4) is 0 Å². The average Bonchev–Trinajstić information content (AvgIpc) is 2.38. The smallest absolute Gasteiger partial charge is 0.341 e. The largest absolute Gasteiger partial charge is 0.373 e. The van der Waals surface area contributed by atoms with E-state index in [4.69, 9.17) is 5.73 Å². The number of benzene rings is 1. The number of hydrogen-bond donors (Lipinski definition) is 1. The highest BCUT2D eigenvalue weighted by Gasteiger charge is 2.30. The van der Waals surface area contributed by atoms with Gasteiger partial charge < -0.3 is 10.6 Å². The van der Waals surface area contributed by atoms with E-state index in [0.29, 0.717) is 13.1 Å². The Kier molecular flexibility index (Phi) is 5.25. The van der Waals surface area contributed by atoms with Crippen LogP contribution >= 0.6 is 0 Å². The van der Waals surface area contributed by atoms with Gasteiger partial charge in [0.05, 0.1) is 10.6 Å². The second-order valence-electron chi connectivity index (χ2n) is 4.49. The lowest BCUT2D eigenvalue weighted by molar-refractivity contribution is 0.235. The molecule has 0 aromatic heterocycles. The number of nitrogens with zero attached hydrogens (tertiary/aromatic N) is 1. The van der Waals surface area contributed by atoms with Crippen LogP contribution in [0.15, 0.2) is 29.2 Å². The fourth-order valence-electron chi connectivity index (χ4n) is 1.75. The first-order valence-corrected chi connectivity index (χ1v) is 7.37. The van der Waals surface area contributed by atoms with Gasteiger partial charge >= 0.3 is 5.76 Å². The minimum atomic E-state index is -4.60. The van der Waals surface area contributed by atoms with Crippen LogP contribution < -0.4 is 10.6 Å². The van der Waals surface area contributed by atoms with Crippen LogP contribution in [0.5, 0.6) is 0 Å². The van der Waals surface area contributed by atoms with Crippen molar-refractivity contribution in [1.82, 2.24) is 0 Å². The molecular weight excluding hydrogens is 274 g/mol. The molecule has 0 saturated carbocycles. The van der Waals surface area contributed by atoms with E-state index in [1.54, 1.807) is 18.0 Å². The molecule has 1 rings (SSSR count). The van der Waals surface area contributed by atoms with Crippen LogP contribution in [0.2, 0.25) is 0 Å². The maximum atomic E-state index is 12.6. The Bertz CT molecular complexity index is 520. The van der Waals surface area contributed by atoms with Crippen molar-refractivity contribution in [2.45, 2.75) is 17.6 Å². The number of anilines is 1. The zero-order valence-electron chi connectivity index (χ0n) is 10.9. The predicted octanol–water partition coefficient (Wildman–Crippen LogP) is 1.71. The zero-order chi connectivity index (χ0) is 14.6. The molecule has 0 bridgehead atoms. The molecule has 1 aromatic carbocycles. The molecule has 7 heteroatoms. The molecule has 0 saturated heterocycles. The second-order valence-corrected chi connectivity index (χ2v) is 6.38. The summed E-state index contributed by atoms with van der Waals surface area (Å²) in [5.74, 6) is -3.29. The van der Waals surface area contributed by atoms with E-state index in [2.05, 4.69) is 0 Å². The summed E-state index contributed by atoms with van der Waals surface area (Å²) in [4.78, 5) is 1.28. The molecule has 108 valence electrons. The van der Waals surface area contributed by atoms with Gasteiger partial charge in [0.25, 0.3) is 0 Å². The van der Waals surface area contributed by atoms with Crippen LogP contribution in [0.4, 0.5) is 14.5 Å². The van der Waals surface area contributed by atoms with Gasteiger partial charge in [-0.3, -0.25) is 0 Å². The minimum absolute atomic E-state index is 0.132. The van der Waals surface area contributed by atoms with E-state index in [9.17, 15) is 17.2 Å². The number of rotatable bonds is 6. The molecule has 2 N–H and O–H groups in total. The van der Waals surface area contributed by atoms with Gasteiger partial charge in [0, 0.05) is 13.6 Å². The van der Waals surface area contributed by atoms with Gasteiger partial charge in [-0.2, -0.15) is 8.78 Å². The summed E-state index contributed by atoms with van der Waals surface area (Å²) in [7, 11) is -2.94. The Morgan fingerprint density at radius 2 is 1.89 bits per heavy atom. The third-order valence-corrected chi connectivity index (χ3v) is 4.23. The Morgan fingerprint density at radius 1 is 1.32 bits per heavy atom. The van der Waals surface area contributed by atoms with E-state index >= 15 is 0 Å². The van der Waals surface area contributed by atoms with Crippen LogP contribution in [0.25, 0.3) is 0 Å². The van der Waals surface area contributed by atoms with Crippen molar-refractivity contribution in [2.24, 2.45) is 11.7 Å². The van der Waals surface area contributed by atoms with Crippen molar-refractivity contribution in [1.29, 1.82) is 0 Å². The molecule has 0 radical (unpaired) electrons. The van der Waals surface area contributed by atoms with Crippen LogP contribution in [0, 0.1) is 5.92 Å². The Labute approximate surface area is 112 Å². The lowest BCUT2D eigenvalue weighted by Gasteiger charge is -2.24. The van der Waals surface area contributed by atoms with Gasteiger partial charge in [-0.25, -0.2) is 8.42 Å². The second kappa shape index (κ2) is 6.29. The third kappa shape index (κ3) is 3.63. The van der Waals surface area contributed by atoms with Crippen LogP contribution in [0.3, 0.4) is 0 Å². The van der Waals surface area contributed by atoms with E-state index in [0.717, 1.165) is 0 Å². The van der Waals surface area contributed by atoms with E-state index in [1.807, 2.05) is 6.92 Å². The van der Waals surface area contributed by atoms with E-state index < -0.39 is 15.6 Å². The van der Waals surface area contributed by atoms with Crippen molar-refractivity contribution in [3.63, 3.8) is 0 Å². The first-order chi connectivity index (χ1) is 8.80. The predicted molar refractivity (Wildman–Crippen MR) is 71.1 cm³/mol. The summed E-state index contributed by atoms with van der Waals surface area (Å²) >= 11 is 0. The number of para-hydroxylation sites is 1. The summed E-state index contributed by atoms with van der Waals surface area (Å²) < 4.78 is 48.5. The summed E-state index contributed by atoms with van der Waals surface area (Å²) in [5.41, 5.74) is 5.77. The quantitative estimate of drug-likeness (QED) is 0.867. The zero-order valence-corrected chi connectivity index (χ0v) is 11.7. The molecule has 0 amide bonds. The Hall–Kier alpha value is -1.21. The fourth-order valence-corrected chi connectivity index (χ4v) is 2.73. The molecule has 4 nitrogen and oxygen atoms in total. The van der Waals surface area contributed by atoms with Crippen LogP contribution in [0.1, 0.15) is 6.92 Å². The monoisotopic (exact) mass is 292 g/mol. The molecular formula is C12H18F2N2O2S. The highest BCUT2D eigenvalue weighted by atomic mass is 32.2. The lowest BCUT2D eigenvalue weighted by atomic mass is 10.1. The Morgan fingerprint density at radius 3 is 2.42 bits per heavy atom. The number of sulfone groups is 1. The summed E-state index contributed by atoms with van der Waals surface area (Å²) in [6.45, 7) is 2.83. The summed E-state index contributed by atoms with van der Waals surface area (Å²) in [6.07, 6.45) is 0.